The lowest BCUT2D eigenvalue weighted by atomic mass is 9.98. The van der Waals surface area contributed by atoms with Crippen LogP contribution < -0.4 is 10.6 Å². The number of hydrogen-bond donors (Lipinski definition) is 3. The van der Waals surface area contributed by atoms with Crippen LogP contribution in [0.4, 0.5) is 4.79 Å². The number of rotatable bonds is 6. The van der Waals surface area contributed by atoms with Gasteiger partial charge in [-0.3, -0.25) is 0 Å². The molecule has 2 saturated heterocycles. The molecule has 20 heavy (non-hydrogen) atoms. The van der Waals surface area contributed by atoms with Crippen molar-refractivity contribution in [2.75, 3.05) is 32.8 Å². The van der Waals surface area contributed by atoms with Gasteiger partial charge in [0.15, 0.2) is 0 Å². The van der Waals surface area contributed by atoms with E-state index >= 15 is 0 Å². The Morgan fingerprint density at radius 2 is 2.15 bits per heavy atom. The van der Waals surface area contributed by atoms with Gasteiger partial charge in [0.2, 0.25) is 0 Å². The standard InChI is InChI=1S/C13H23N3O4/c17-12(18)9-20-7-4-14-13(19)15-10-3-6-16-5-1-2-11(16)8-10/h10-11H,1-9H2,(H,17,18)(H2,14,15,19). The molecule has 0 aromatic rings. The van der Waals surface area contributed by atoms with E-state index in [1.165, 1.54) is 19.4 Å². The van der Waals surface area contributed by atoms with Gasteiger partial charge in [0, 0.05) is 25.2 Å². The van der Waals surface area contributed by atoms with E-state index in [1.54, 1.807) is 0 Å². The molecule has 2 amide bonds. The number of hydrogen-bond acceptors (Lipinski definition) is 4. The van der Waals surface area contributed by atoms with E-state index in [0.29, 0.717) is 12.6 Å². The topological polar surface area (TPSA) is 90.9 Å². The summed E-state index contributed by atoms with van der Waals surface area (Å²) in [6, 6.07) is 0.683. The van der Waals surface area contributed by atoms with Crippen LogP contribution >= 0.6 is 0 Å². The molecule has 0 aromatic carbocycles. The summed E-state index contributed by atoms with van der Waals surface area (Å²) in [5.41, 5.74) is 0. The first-order valence-corrected chi connectivity index (χ1v) is 7.23. The smallest absolute Gasteiger partial charge is 0.329 e. The molecule has 2 aliphatic rings. The molecule has 2 heterocycles. The molecule has 2 rings (SSSR count). The average molecular weight is 285 g/mol. The molecule has 7 heteroatoms. The van der Waals surface area contributed by atoms with Crippen molar-refractivity contribution in [1.82, 2.24) is 15.5 Å². The zero-order valence-corrected chi connectivity index (χ0v) is 11.6. The summed E-state index contributed by atoms with van der Waals surface area (Å²) in [4.78, 5) is 24.4. The highest BCUT2D eigenvalue weighted by Crippen LogP contribution is 2.26. The van der Waals surface area contributed by atoms with Gasteiger partial charge in [0.1, 0.15) is 6.61 Å². The van der Waals surface area contributed by atoms with Gasteiger partial charge in [0.05, 0.1) is 6.61 Å². The third-order valence-electron chi connectivity index (χ3n) is 3.91. The number of carboxylic acids is 1. The maximum absolute atomic E-state index is 11.7. The number of nitrogens with one attached hydrogen (secondary N) is 2. The molecule has 114 valence electrons. The molecule has 0 aliphatic carbocycles. The first kappa shape index (κ1) is 15.1. The number of amides is 2. The van der Waals surface area contributed by atoms with Crippen molar-refractivity contribution >= 4 is 12.0 Å². The van der Waals surface area contributed by atoms with E-state index in [-0.39, 0.29) is 25.3 Å². The monoisotopic (exact) mass is 285 g/mol. The van der Waals surface area contributed by atoms with Crippen molar-refractivity contribution in [3.8, 4) is 0 Å². The first-order chi connectivity index (χ1) is 9.65. The van der Waals surface area contributed by atoms with Crippen LogP contribution in [0.5, 0.6) is 0 Å². The Kier molecular flexibility index (Phi) is 5.60. The Hall–Kier alpha value is -1.34. The molecular formula is C13H23N3O4. The Morgan fingerprint density at radius 3 is 2.95 bits per heavy atom. The van der Waals surface area contributed by atoms with Gasteiger partial charge in [-0.15, -0.1) is 0 Å². The molecule has 2 aliphatic heterocycles. The van der Waals surface area contributed by atoms with E-state index in [9.17, 15) is 9.59 Å². The fraction of sp³-hybridized carbons (Fsp3) is 0.846. The lowest BCUT2D eigenvalue weighted by Crippen LogP contribution is -2.50. The predicted octanol–water partition coefficient (Wildman–Crippen LogP) is 0.0136. The first-order valence-electron chi connectivity index (χ1n) is 7.23. The molecule has 0 spiro atoms. The molecule has 3 N–H and O–H groups in total. The number of carboxylic acid groups (broad SMARTS) is 1. The molecule has 2 fully saturated rings. The second-order valence-corrected chi connectivity index (χ2v) is 5.40. The second-order valence-electron chi connectivity index (χ2n) is 5.40. The van der Waals surface area contributed by atoms with E-state index < -0.39 is 5.97 Å². The number of ether oxygens (including phenoxy) is 1. The predicted molar refractivity (Wildman–Crippen MR) is 72.6 cm³/mol. The fourth-order valence-corrected chi connectivity index (χ4v) is 2.99. The lowest BCUT2D eigenvalue weighted by Gasteiger charge is -2.35. The van der Waals surface area contributed by atoms with Crippen LogP contribution in [0.3, 0.4) is 0 Å². The molecule has 2 unspecified atom stereocenters. The summed E-state index contributed by atoms with van der Waals surface area (Å²) < 4.78 is 4.84. The Labute approximate surface area is 118 Å². The van der Waals surface area contributed by atoms with Crippen LogP contribution in [0.1, 0.15) is 25.7 Å². The van der Waals surface area contributed by atoms with Crippen LogP contribution in [-0.2, 0) is 9.53 Å². The number of carbonyl (C=O) groups is 2. The SMILES string of the molecule is O=C(O)COCCNC(=O)NC1CCN2CCCC2C1. The summed E-state index contributed by atoms with van der Waals surface area (Å²) in [6.45, 7) is 2.47. The third-order valence-corrected chi connectivity index (χ3v) is 3.91. The van der Waals surface area contributed by atoms with Crippen molar-refractivity contribution in [3.05, 3.63) is 0 Å². The Balaban J connectivity index is 1.56. The van der Waals surface area contributed by atoms with Gasteiger partial charge < -0.3 is 25.4 Å². The summed E-state index contributed by atoms with van der Waals surface area (Å²) in [6.07, 6.45) is 4.54. The minimum atomic E-state index is -1.00. The summed E-state index contributed by atoms with van der Waals surface area (Å²) in [5, 5.41) is 14.0. The van der Waals surface area contributed by atoms with Gasteiger partial charge in [-0.25, -0.2) is 9.59 Å². The van der Waals surface area contributed by atoms with Crippen LogP contribution in [-0.4, -0.2) is 66.9 Å². The Morgan fingerprint density at radius 1 is 1.30 bits per heavy atom. The summed E-state index contributed by atoms with van der Waals surface area (Å²) in [7, 11) is 0. The third kappa shape index (κ3) is 4.64. The molecular weight excluding hydrogens is 262 g/mol. The quantitative estimate of drug-likeness (QED) is 0.598. The van der Waals surface area contributed by atoms with Crippen molar-refractivity contribution in [2.45, 2.75) is 37.8 Å². The van der Waals surface area contributed by atoms with Crippen LogP contribution in [0, 0.1) is 0 Å². The van der Waals surface area contributed by atoms with Gasteiger partial charge in [-0.2, -0.15) is 0 Å². The van der Waals surface area contributed by atoms with Crippen LogP contribution in [0.15, 0.2) is 0 Å². The number of nitrogens with zero attached hydrogens (tertiary/aromatic N) is 1. The van der Waals surface area contributed by atoms with Crippen molar-refractivity contribution in [2.24, 2.45) is 0 Å². The fourth-order valence-electron chi connectivity index (χ4n) is 2.99. The van der Waals surface area contributed by atoms with E-state index in [0.717, 1.165) is 19.4 Å². The number of piperidine rings is 1. The van der Waals surface area contributed by atoms with Gasteiger partial charge >= 0.3 is 12.0 Å². The molecule has 7 nitrogen and oxygen atoms in total. The average Bonchev–Trinajstić information content (AvgIpc) is 2.85. The lowest BCUT2D eigenvalue weighted by molar-refractivity contribution is -0.142. The Bertz CT molecular complexity index is 351. The van der Waals surface area contributed by atoms with Crippen LogP contribution in [0.2, 0.25) is 0 Å². The zero-order valence-electron chi connectivity index (χ0n) is 11.6. The van der Waals surface area contributed by atoms with E-state index in [4.69, 9.17) is 9.84 Å². The summed E-state index contributed by atoms with van der Waals surface area (Å²) in [5.74, 6) is -1.00. The number of urea groups is 1. The maximum atomic E-state index is 11.7. The van der Waals surface area contributed by atoms with Crippen molar-refractivity contribution in [1.29, 1.82) is 0 Å². The highest BCUT2D eigenvalue weighted by molar-refractivity contribution is 5.74. The molecule has 0 radical (unpaired) electrons. The van der Waals surface area contributed by atoms with E-state index in [1.807, 2.05) is 0 Å². The number of fused-ring (bicyclic) bond motifs is 1. The highest BCUT2D eigenvalue weighted by Gasteiger charge is 2.32. The molecule has 0 aromatic heterocycles. The zero-order chi connectivity index (χ0) is 14.4. The maximum Gasteiger partial charge on any atom is 0.329 e. The van der Waals surface area contributed by atoms with Crippen molar-refractivity contribution in [3.63, 3.8) is 0 Å². The minimum absolute atomic E-state index is 0.194. The highest BCUT2D eigenvalue weighted by atomic mass is 16.5. The number of aliphatic carboxylic acids is 1. The van der Waals surface area contributed by atoms with Crippen molar-refractivity contribution < 1.29 is 19.4 Å². The number of carbonyl (C=O) groups excluding carboxylic acids is 1. The normalized spacial score (nSPS) is 26.0. The summed E-state index contributed by atoms with van der Waals surface area (Å²) >= 11 is 0. The molecule has 0 saturated carbocycles. The molecule has 0 bridgehead atoms. The largest absolute Gasteiger partial charge is 0.480 e. The van der Waals surface area contributed by atoms with Gasteiger partial charge in [-0.1, -0.05) is 0 Å². The minimum Gasteiger partial charge on any atom is -0.480 e. The second kappa shape index (κ2) is 7.44. The van der Waals surface area contributed by atoms with Crippen LogP contribution in [0.25, 0.3) is 0 Å². The van der Waals surface area contributed by atoms with E-state index in [2.05, 4.69) is 15.5 Å². The van der Waals surface area contributed by atoms with Gasteiger partial charge in [0.25, 0.3) is 0 Å². The molecule has 2 atom stereocenters. The van der Waals surface area contributed by atoms with Gasteiger partial charge in [-0.05, 0) is 32.2 Å².